The summed E-state index contributed by atoms with van der Waals surface area (Å²) in [5, 5.41) is 5.72. The number of hydrogen-bond donors (Lipinski definition) is 1. The molecule has 0 radical (unpaired) electrons. The van der Waals surface area contributed by atoms with Crippen LogP contribution in [0.15, 0.2) is 30.3 Å². The molecular weight excluding hydrogens is 582 g/mol. The van der Waals surface area contributed by atoms with E-state index in [2.05, 4.69) is 15.1 Å². The van der Waals surface area contributed by atoms with Gasteiger partial charge in [0.05, 0.1) is 16.6 Å². The fourth-order valence-electron chi connectivity index (χ4n) is 8.03. The quantitative estimate of drug-likeness (QED) is 0.249. The average Bonchev–Trinajstić information content (AvgIpc) is 3.68. The number of ether oxygens (including phenoxy) is 1. The first kappa shape index (κ1) is 32.5. The summed E-state index contributed by atoms with van der Waals surface area (Å²) >= 11 is 0. The molecule has 4 aliphatic heterocycles. The van der Waals surface area contributed by atoms with Gasteiger partial charge in [0.15, 0.2) is 5.82 Å². The third-order valence-corrected chi connectivity index (χ3v) is 10.2. The topological polar surface area (TPSA) is 66.4 Å². The molecule has 4 aromatic rings. The lowest BCUT2D eigenvalue weighted by Crippen LogP contribution is -2.52. The molecule has 46 heavy (non-hydrogen) atoms. The zero-order valence-electron chi connectivity index (χ0n) is 28.1. The van der Waals surface area contributed by atoms with E-state index in [0.717, 1.165) is 75.3 Å². The number of fused-ring (bicyclic) bond motifs is 4. The molecule has 0 saturated carbocycles. The Labute approximate surface area is 271 Å². The molecule has 3 fully saturated rings. The van der Waals surface area contributed by atoms with Crippen LogP contribution < -0.4 is 15.0 Å². The number of nitrogens with zero attached hydrogens (tertiary/aromatic N) is 5. The van der Waals surface area contributed by atoms with Crippen LogP contribution in [-0.2, 0) is 6.42 Å². The maximum atomic E-state index is 16.9. The van der Waals surface area contributed by atoms with Gasteiger partial charge in [0.1, 0.15) is 29.5 Å². The second-order valence-corrected chi connectivity index (χ2v) is 12.5. The molecule has 0 bridgehead atoms. The summed E-state index contributed by atoms with van der Waals surface area (Å²) in [7, 11) is 0. The Balaban J connectivity index is 0.000000896. The number of anilines is 1. The van der Waals surface area contributed by atoms with Crippen molar-refractivity contribution in [3.63, 3.8) is 0 Å². The molecule has 8 rings (SSSR count). The lowest BCUT2D eigenvalue weighted by Gasteiger charge is -2.39. The van der Waals surface area contributed by atoms with Crippen molar-refractivity contribution in [3.8, 4) is 17.3 Å². The third-order valence-electron chi connectivity index (χ3n) is 10.2. The van der Waals surface area contributed by atoms with Gasteiger partial charge in [0.25, 0.3) is 0 Å². The summed E-state index contributed by atoms with van der Waals surface area (Å²) in [6.07, 6.45) is 7.17. The number of aromatic nitrogens is 3. The van der Waals surface area contributed by atoms with E-state index in [4.69, 9.17) is 19.7 Å². The number of aryl methyl sites for hydroxylation is 2. The van der Waals surface area contributed by atoms with Gasteiger partial charge in [-0.15, -0.1) is 0 Å². The monoisotopic (exact) mass is 630 g/mol. The van der Waals surface area contributed by atoms with Gasteiger partial charge in [-0.3, -0.25) is 4.90 Å². The molecule has 2 aromatic carbocycles. The molecule has 4 aliphatic rings. The fourth-order valence-corrected chi connectivity index (χ4v) is 8.03. The lowest BCUT2D eigenvalue weighted by atomic mass is 9.95. The molecule has 0 amide bonds. The van der Waals surface area contributed by atoms with Crippen LogP contribution in [0.3, 0.4) is 0 Å². The van der Waals surface area contributed by atoms with Crippen molar-refractivity contribution < 1.29 is 13.5 Å². The molecule has 3 saturated heterocycles. The molecule has 2 aromatic heterocycles. The van der Waals surface area contributed by atoms with Crippen molar-refractivity contribution in [1.82, 2.24) is 25.2 Å². The zero-order chi connectivity index (χ0) is 32.4. The minimum absolute atomic E-state index is 0.0269. The van der Waals surface area contributed by atoms with Crippen molar-refractivity contribution in [2.45, 2.75) is 91.1 Å². The Hall–Kier alpha value is -3.43. The van der Waals surface area contributed by atoms with E-state index in [0.29, 0.717) is 34.9 Å². The number of halogens is 2. The molecule has 1 atom stereocenters. The van der Waals surface area contributed by atoms with Crippen LogP contribution in [0.1, 0.15) is 77.5 Å². The van der Waals surface area contributed by atoms with Crippen molar-refractivity contribution in [3.05, 3.63) is 53.2 Å². The predicted octanol–water partition coefficient (Wildman–Crippen LogP) is 7.61. The van der Waals surface area contributed by atoms with Gasteiger partial charge < -0.3 is 15.0 Å². The standard InChI is InChI=1S/C33H36F2N6O.2C2H6/c1-20-24(34)11-10-21-6-2-8-23(26(20)21)29-28(35)30-27-25(37-29)9-3-7-22-18-36-14-17-41(22)31(27)39-32(38-30)42-19-33-12-4-15-40(33)16-5-13-33;2*1-2/h2,6,8,10-11,22,36H,3-5,7,9,12-19H2,1H3;2*1-2H3. The number of benzene rings is 2. The van der Waals surface area contributed by atoms with Crippen molar-refractivity contribution in [2.75, 3.05) is 44.2 Å². The van der Waals surface area contributed by atoms with Crippen molar-refractivity contribution >= 4 is 27.5 Å². The highest BCUT2D eigenvalue weighted by Crippen LogP contribution is 2.42. The molecule has 6 heterocycles. The molecule has 1 unspecified atom stereocenters. The molecule has 9 heteroatoms. The zero-order valence-corrected chi connectivity index (χ0v) is 28.1. The van der Waals surface area contributed by atoms with Crippen LogP contribution in [0, 0.1) is 18.6 Å². The lowest BCUT2D eigenvalue weighted by molar-refractivity contribution is 0.108. The van der Waals surface area contributed by atoms with Crippen LogP contribution >= 0.6 is 0 Å². The number of piperazine rings is 1. The number of pyridine rings is 1. The van der Waals surface area contributed by atoms with Gasteiger partial charge in [-0.05, 0) is 87.4 Å². The summed E-state index contributed by atoms with van der Waals surface area (Å²) in [5.74, 6) is -0.100. The highest BCUT2D eigenvalue weighted by atomic mass is 19.1. The summed E-state index contributed by atoms with van der Waals surface area (Å²) in [6, 6.07) is 9.34. The number of hydrogen-bond acceptors (Lipinski definition) is 7. The fraction of sp³-hybridized carbons (Fsp3) is 0.541. The van der Waals surface area contributed by atoms with E-state index in [1.165, 1.54) is 18.9 Å². The van der Waals surface area contributed by atoms with Gasteiger partial charge in [-0.25, -0.2) is 13.8 Å². The van der Waals surface area contributed by atoms with E-state index >= 15 is 4.39 Å². The number of rotatable bonds is 4. The van der Waals surface area contributed by atoms with E-state index in [1.54, 1.807) is 13.0 Å². The normalized spacial score (nSPS) is 20.2. The van der Waals surface area contributed by atoms with E-state index in [-0.39, 0.29) is 34.6 Å². The Kier molecular flexibility index (Phi) is 9.71. The first-order valence-corrected chi connectivity index (χ1v) is 17.5. The Bertz CT molecular complexity index is 1700. The van der Waals surface area contributed by atoms with Gasteiger partial charge in [-0.1, -0.05) is 52.0 Å². The van der Waals surface area contributed by atoms with Crippen LogP contribution in [0.5, 0.6) is 6.01 Å². The van der Waals surface area contributed by atoms with Gasteiger partial charge in [-0.2, -0.15) is 9.97 Å². The minimum Gasteiger partial charge on any atom is -0.461 e. The smallest absolute Gasteiger partial charge is 0.319 e. The Morgan fingerprint density at radius 1 is 0.935 bits per heavy atom. The maximum absolute atomic E-state index is 16.9. The summed E-state index contributed by atoms with van der Waals surface area (Å²) in [6.45, 7) is 14.9. The second-order valence-electron chi connectivity index (χ2n) is 12.5. The van der Waals surface area contributed by atoms with Gasteiger partial charge in [0, 0.05) is 31.2 Å². The molecule has 1 N–H and O–H groups in total. The van der Waals surface area contributed by atoms with E-state index in [9.17, 15) is 4.39 Å². The first-order valence-electron chi connectivity index (χ1n) is 17.5. The maximum Gasteiger partial charge on any atom is 0.319 e. The summed E-state index contributed by atoms with van der Waals surface area (Å²) in [4.78, 5) is 19.6. The van der Waals surface area contributed by atoms with E-state index in [1.807, 2.05) is 45.9 Å². The SMILES string of the molecule is CC.CC.Cc1c(F)ccc2cccc(-c3nc4c5c(nc(OCC67CCCN6CCC7)nc5c3F)N3CCNCC3CCC4)c12. The highest BCUT2D eigenvalue weighted by molar-refractivity contribution is 6.01. The first-order chi connectivity index (χ1) is 22.5. The van der Waals surface area contributed by atoms with Crippen LogP contribution in [-0.4, -0.2) is 70.8 Å². The van der Waals surface area contributed by atoms with Crippen LogP contribution in [0.4, 0.5) is 14.6 Å². The summed E-state index contributed by atoms with van der Waals surface area (Å²) in [5.41, 5.74) is 2.34. The molecule has 246 valence electrons. The average molecular weight is 631 g/mol. The number of nitrogens with one attached hydrogen (secondary N) is 1. The Morgan fingerprint density at radius 3 is 2.50 bits per heavy atom. The van der Waals surface area contributed by atoms with Gasteiger partial charge >= 0.3 is 6.01 Å². The van der Waals surface area contributed by atoms with Crippen molar-refractivity contribution in [2.24, 2.45) is 0 Å². The predicted molar refractivity (Wildman–Crippen MR) is 183 cm³/mol. The second kappa shape index (κ2) is 13.7. The highest BCUT2D eigenvalue weighted by Gasteiger charge is 2.45. The molecule has 0 spiro atoms. The van der Waals surface area contributed by atoms with E-state index < -0.39 is 5.82 Å². The molecular formula is C37H48F2N6O. The van der Waals surface area contributed by atoms with Gasteiger partial charge in [0.2, 0.25) is 0 Å². The summed E-state index contributed by atoms with van der Waals surface area (Å²) < 4.78 is 38.1. The molecule has 0 aliphatic carbocycles. The minimum atomic E-state index is -0.507. The third kappa shape index (κ3) is 5.59. The van der Waals surface area contributed by atoms with Crippen LogP contribution in [0.2, 0.25) is 0 Å². The molecule has 7 nitrogen and oxygen atoms in total. The largest absolute Gasteiger partial charge is 0.461 e. The van der Waals surface area contributed by atoms with Crippen molar-refractivity contribution in [1.29, 1.82) is 0 Å². The Morgan fingerprint density at radius 2 is 1.72 bits per heavy atom. The van der Waals surface area contributed by atoms with Crippen LogP contribution in [0.25, 0.3) is 32.9 Å².